The summed E-state index contributed by atoms with van der Waals surface area (Å²) in [5.74, 6) is -0.230. The molecule has 0 saturated carbocycles. The molecule has 0 aliphatic carbocycles. The number of nitrogens with one attached hydrogen (secondary N) is 1. The highest BCUT2D eigenvalue weighted by Gasteiger charge is 2.16. The smallest absolute Gasteiger partial charge is 0.263 e. The van der Waals surface area contributed by atoms with Gasteiger partial charge in [0.05, 0.1) is 12.2 Å². The van der Waals surface area contributed by atoms with Crippen molar-refractivity contribution in [3.8, 4) is 0 Å². The minimum Gasteiger partial charge on any atom is -0.397 e. The second-order valence-electron chi connectivity index (χ2n) is 3.69. The molecule has 3 nitrogen and oxygen atoms in total. The van der Waals surface area contributed by atoms with Crippen molar-refractivity contribution in [2.45, 2.75) is 0 Å². The largest absolute Gasteiger partial charge is 0.397 e. The molecule has 0 aliphatic heterocycles. The van der Waals surface area contributed by atoms with Crippen LogP contribution in [0.2, 0.25) is 0 Å². The summed E-state index contributed by atoms with van der Waals surface area (Å²) in [5, 5.41) is 3.92. The molecule has 2 aromatic rings. The van der Waals surface area contributed by atoms with Crippen LogP contribution in [0, 0.1) is 0 Å². The first-order valence-corrected chi connectivity index (χ1v) is 7.07. The van der Waals surface area contributed by atoms with E-state index in [9.17, 15) is 4.79 Å². The van der Waals surface area contributed by atoms with Gasteiger partial charge in [-0.05, 0) is 18.2 Å². The number of amides is 1. The van der Waals surface area contributed by atoms with E-state index in [1.54, 1.807) is 0 Å². The zero-order valence-electron chi connectivity index (χ0n) is 9.30. The Labute approximate surface area is 122 Å². The highest BCUT2D eigenvalue weighted by atomic mass is 79.9. The molecule has 1 aromatic carbocycles. The molecule has 3 N–H and O–H groups in total. The van der Waals surface area contributed by atoms with Crippen molar-refractivity contribution in [2.24, 2.45) is 0 Å². The summed E-state index contributed by atoms with van der Waals surface area (Å²) in [6.07, 6.45) is 0. The van der Waals surface area contributed by atoms with Crippen molar-refractivity contribution in [3.63, 3.8) is 0 Å². The molecule has 0 spiro atoms. The van der Waals surface area contributed by atoms with Crippen LogP contribution in [0.3, 0.4) is 0 Å². The maximum atomic E-state index is 11.9. The summed E-state index contributed by atoms with van der Waals surface area (Å²) < 4.78 is 1.91. The third-order valence-corrected chi connectivity index (χ3v) is 4.15. The standard InChI is InChI=1S/C12H10BrClN2OS/c1-6(14)5-16-12(17)11-10(15)8-4-7(13)2-3-9(8)18-11/h2-4H,1,5,15H2,(H,16,17). The maximum absolute atomic E-state index is 11.9. The number of carbonyl (C=O) groups excluding carboxylic acids is 1. The topological polar surface area (TPSA) is 55.1 Å². The van der Waals surface area contributed by atoms with Crippen molar-refractivity contribution in [3.05, 3.63) is 39.2 Å². The summed E-state index contributed by atoms with van der Waals surface area (Å²) in [6.45, 7) is 3.75. The summed E-state index contributed by atoms with van der Waals surface area (Å²) >= 11 is 10.3. The Morgan fingerprint density at radius 3 is 2.94 bits per heavy atom. The second kappa shape index (κ2) is 5.30. The lowest BCUT2D eigenvalue weighted by molar-refractivity contribution is 0.0962. The molecule has 1 aromatic heterocycles. The Bertz CT molecular complexity index is 638. The normalized spacial score (nSPS) is 10.6. The van der Waals surface area contributed by atoms with Gasteiger partial charge in [0.1, 0.15) is 4.88 Å². The number of anilines is 1. The number of halogens is 2. The first-order chi connectivity index (χ1) is 8.49. The van der Waals surface area contributed by atoms with Crippen LogP contribution in [-0.4, -0.2) is 12.5 Å². The Hall–Kier alpha value is -1.04. The van der Waals surface area contributed by atoms with E-state index in [4.69, 9.17) is 17.3 Å². The lowest BCUT2D eigenvalue weighted by Gasteiger charge is -2.02. The van der Waals surface area contributed by atoms with Gasteiger partial charge < -0.3 is 11.1 Å². The quantitative estimate of drug-likeness (QED) is 0.890. The molecular formula is C12H10BrClN2OS. The molecule has 1 heterocycles. The number of nitrogen functional groups attached to an aromatic ring is 1. The zero-order chi connectivity index (χ0) is 13.3. The van der Waals surface area contributed by atoms with Crippen molar-refractivity contribution < 1.29 is 4.79 Å². The first-order valence-electron chi connectivity index (χ1n) is 5.08. The van der Waals surface area contributed by atoms with Gasteiger partial charge in [-0.3, -0.25) is 4.79 Å². The molecule has 0 unspecified atom stereocenters. The molecule has 0 saturated heterocycles. The van der Waals surface area contributed by atoms with Gasteiger partial charge in [-0.1, -0.05) is 34.1 Å². The Morgan fingerprint density at radius 2 is 2.28 bits per heavy atom. The van der Waals surface area contributed by atoms with Crippen molar-refractivity contribution in [2.75, 3.05) is 12.3 Å². The van der Waals surface area contributed by atoms with E-state index in [0.29, 0.717) is 15.6 Å². The number of fused-ring (bicyclic) bond motifs is 1. The fourth-order valence-electron chi connectivity index (χ4n) is 1.51. The number of thiophene rings is 1. The van der Waals surface area contributed by atoms with E-state index < -0.39 is 0 Å². The third-order valence-electron chi connectivity index (χ3n) is 2.34. The highest BCUT2D eigenvalue weighted by Crippen LogP contribution is 2.35. The average Bonchev–Trinajstić information content (AvgIpc) is 2.64. The number of nitrogens with two attached hydrogens (primary N) is 1. The van der Waals surface area contributed by atoms with Crippen LogP contribution < -0.4 is 11.1 Å². The van der Waals surface area contributed by atoms with E-state index in [0.717, 1.165) is 14.6 Å². The molecular weight excluding hydrogens is 336 g/mol. The Morgan fingerprint density at radius 1 is 1.56 bits per heavy atom. The highest BCUT2D eigenvalue weighted by molar-refractivity contribution is 9.10. The van der Waals surface area contributed by atoms with Crippen molar-refractivity contribution >= 4 is 60.5 Å². The predicted molar refractivity (Wildman–Crippen MR) is 81.3 cm³/mol. The molecule has 0 fully saturated rings. The molecule has 2 rings (SSSR count). The van der Waals surface area contributed by atoms with E-state index in [1.165, 1.54) is 11.3 Å². The number of rotatable bonds is 3. The lowest BCUT2D eigenvalue weighted by Crippen LogP contribution is -2.24. The Balaban J connectivity index is 2.36. The van der Waals surface area contributed by atoms with Crippen LogP contribution in [0.15, 0.2) is 34.3 Å². The summed E-state index contributed by atoms with van der Waals surface area (Å²) in [5.41, 5.74) is 6.48. The van der Waals surface area contributed by atoms with Crippen LogP contribution >= 0.6 is 38.9 Å². The van der Waals surface area contributed by atoms with E-state index in [2.05, 4.69) is 27.8 Å². The first kappa shape index (κ1) is 13.4. The van der Waals surface area contributed by atoms with E-state index >= 15 is 0 Å². The minimum atomic E-state index is -0.230. The number of benzene rings is 1. The minimum absolute atomic E-state index is 0.230. The summed E-state index contributed by atoms with van der Waals surface area (Å²) in [7, 11) is 0. The number of hydrogen-bond donors (Lipinski definition) is 2. The molecule has 0 bridgehead atoms. The fraction of sp³-hybridized carbons (Fsp3) is 0.0833. The fourth-order valence-corrected chi connectivity index (χ4v) is 2.96. The van der Waals surface area contributed by atoms with Gasteiger partial charge in [-0.2, -0.15) is 0 Å². The van der Waals surface area contributed by atoms with Gasteiger partial charge in [-0.25, -0.2) is 0 Å². The second-order valence-corrected chi connectivity index (χ2v) is 6.19. The van der Waals surface area contributed by atoms with Gasteiger partial charge in [0.15, 0.2) is 0 Å². The van der Waals surface area contributed by atoms with E-state index in [1.807, 2.05) is 18.2 Å². The monoisotopic (exact) mass is 344 g/mol. The number of hydrogen-bond acceptors (Lipinski definition) is 3. The SMILES string of the molecule is C=C(Cl)CNC(=O)c1sc2ccc(Br)cc2c1N. The van der Waals surface area contributed by atoms with E-state index in [-0.39, 0.29) is 12.5 Å². The van der Waals surface area contributed by atoms with Crippen LogP contribution in [0.5, 0.6) is 0 Å². The summed E-state index contributed by atoms with van der Waals surface area (Å²) in [4.78, 5) is 12.4. The van der Waals surface area contributed by atoms with Crippen molar-refractivity contribution in [1.29, 1.82) is 0 Å². The zero-order valence-corrected chi connectivity index (χ0v) is 12.5. The third kappa shape index (κ3) is 2.68. The van der Waals surface area contributed by atoms with Crippen molar-refractivity contribution in [1.82, 2.24) is 5.32 Å². The van der Waals surface area contributed by atoms with Crippen LogP contribution in [0.4, 0.5) is 5.69 Å². The molecule has 0 radical (unpaired) electrons. The van der Waals surface area contributed by atoms with Gasteiger partial charge >= 0.3 is 0 Å². The Kier molecular flexibility index (Phi) is 3.94. The maximum Gasteiger partial charge on any atom is 0.263 e. The molecule has 0 atom stereocenters. The van der Waals surface area contributed by atoms with Gasteiger partial charge in [-0.15, -0.1) is 11.3 Å². The van der Waals surface area contributed by atoms with Gasteiger partial charge in [0, 0.05) is 19.6 Å². The molecule has 94 valence electrons. The van der Waals surface area contributed by atoms with Crippen LogP contribution in [0.25, 0.3) is 10.1 Å². The molecule has 1 amide bonds. The number of carbonyl (C=O) groups is 1. The van der Waals surface area contributed by atoms with Gasteiger partial charge in [0.25, 0.3) is 5.91 Å². The van der Waals surface area contributed by atoms with Crippen LogP contribution in [0.1, 0.15) is 9.67 Å². The average molecular weight is 346 g/mol. The predicted octanol–water partition coefficient (Wildman–Crippen LogP) is 3.73. The molecule has 18 heavy (non-hydrogen) atoms. The van der Waals surface area contributed by atoms with Crippen LogP contribution in [-0.2, 0) is 0 Å². The molecule has 0 aliphatic rings. The lowest BCUT2D eigenvalue weighted by atomic mass is 10.2. The van der Waals surface area contributed by atoms with Gasteiger partial charge in [0.2, 0.25) is 0 Å². The molecule has 6 heteroatoms. The summed E-state index contributed by atoms with van der Waals surface area (Å²) in [6, 6.07) is 5.75.